The number of benzene rings is 1. The monoisotopic (exact) mass is 232 g/mol. The van der Waals surface area contributed by atoms with Crippen molar-refractivity contribution >= 4 is 17.3 Å². The van der Waals surface area contributed by atoms with Crippen LogP contribution in [0.4, 0.5) is 0 Å². The Balaban J connectivity index is 1.50. The van der Waals surface area contributed by atoms with Gasteiger partial charge in [0.2, 0.25) is 0 Å². The fourth-order valence-corrected chi connectivity index (χ4v) is 2.36. The zero-order valence-electron chi connectivity index (χ0n) is 9.15. The first kappa shape index (κ1) is 10.1. The molecule has 0 aromatic heterocycles. The number of hydrogen-bond donors (Lipinski definition) is 2. The Bertz CT molecular complexity index is 386. The van der Waals surface area contributed by atoms with Gasteiger partial charge in [-0.05, 0) is 37.0 Å². The predicted octanol–water partition coefficient (Wildman–Crippen LogP) is 2.17. The molecule has 0 heterocycles. The van der Waals surface area contributed by atoms with E-state index < -0.39 is 0 Å². The van der Waals surface area contributed by atoms with Crippen molar-refractivity contribution in [3.05, 3.63) is 35.9 Å². The van der Waals surface area contributed by atoms with Crippen LogP contribution in [0, 0.1) is 0 Å². The van der Waals surface area contributed by atoms with Crippen LogP contribution in [0.2, 0.25) is 0 Å². The second-order valence-corrected chi connectivity index (χ2v) is 5.16. The van der Waals surface area contributed by atoms with Crippen LogP contribution in [0.5, 0.6) is 0 Å². The summed E-state index contributed by atoms with van der Waals surface area (Å²) in [6.07, 6.45) is 3.75. The van der Waals surface area contributed by atoms with Gasteiger partial charge in [-0.1, -0.05) is 30.3 Å². The standard InChI is InChI=1S/C13H16N2S/c16-13(14-10-6-7-10)15-12-8-11(12)9-4-2-1-3-5-9/h1-5,10-12H,6-8H2,(H2,14,15,16)/t11-,12+/m1/s1. The van der Waals surface area contributed by atoms with Crippen molar-refractivity contribution in [1.82, 2.24) is 10.6 Å². The summed E-state index contributed by atoms with van der Waals surface area (Å²) in [7, 11) is 0. The Kier molecular flexibility index (Phi) is 2.56. The van der Waals surface area contributed by atoms with Gasteiger partial charge in [0.05, 0.1) is 0 Å². The molecule has 3 heteroatoms. The van der Waals surface area contributed by atoms with Crippen molar-refractivity contribution in [1.29, 1.82) is 0 Å². The number of rotatable bonds is 3. The molecule has 0 bridgehead atoms. The number of thiocarbonyl (C=S) groups is 1. The first-order valence-electron chi connectivity index (χ1n) is 5.95. The second kappa shape index (κ2) is 4.06. The molecular formula is C13H16N2S. The molecule has 0 unspecified atom stereocenters. The lowest BCUT2D eigenvalue weighted by Gasteiger charge is -2.09. The molecule has 2 nitrogen and oxygen atoms in total. The van der Waals surface area contributed by atoms with Crippen LogP contribution in [0.1, 0.15) is 30.7 Å². The fourth-order valence-electron chi connectivity index (χ4n) is 2.05. The Hall–Kier alpha value is -1.09. The van der Waals surface area contributed by atoms with Crippen molar-refractivity contribution in [3.63, 3.8) is 0 Å². The quantitative estimate of drug-likeness (QED) is 0.781. The third-order valence-corrected chi connectivity index (χ3v) is 3.48. The molecule has 2 aliphatic rings. The minimum atomic E-state index is 0.543. The van der Waals surface area contributed by atoms with E-state index in [9.17, 15) is 0 Å². The molecule has 16 heavy (non-hydrogen) atoms. The molecule has 2 saturated carbocycles. The van der Waals surface area contributed by atoms with Crippen molar-refractivity contribution in [2.45, 2.75) is 37.3 Å². The smallest absolute Gasteiger partial charge is 0.166 e. The maximum atomic E-state index is 5.27. The summed E-state index contributed by atoms with van der Waals surface area (Å²) in [5.74, 6) is 0.653. The molecule has 3 rings (SSSR count). The van der Waals surface area contributed by atoms with Gasteiger partial charge >= 0.3 is 0 Å². The van der Waals surface area contributed by atoms with Crippen LogP contribution in [0.15, 0.2) is 30.3 Å². The van der Waals surface area contributed by atoms with Crippen LogP contribution in [0.3, 0.4) is 0 Å². The molecule has 2 fully saturated rings. The largest absolute Gasteiger partial charge is 0.360 e. The topological polar surface area (TPSA) is 24.1 Å². The molecule has 1 aromatic carbocycles. The summed E-state index contributed by atoms with van der Waals surface area (Å²) in [4.78, 5) is 0. The van der Waals surface area contributed by atoms with Crippen LogP contribution >= 0.6 is 12.2 Å². The van der Waals surface area contributed by atoms with Gasteiger partial charge in [0.1, 0.15) is 0 Å². The highest BCUT2D eigenvalue weighted by molar-refractivity contribution is 7.80. The van der Waals surface area contributed by atoms with Crippen molar-refractivity contribution in [3.8, 4) is 0 Å². The first-order valence-corrected chi connectivity index (χ1v) is 6.36. The molecule has 0 spiro atoms. The zero-order valence-corrected chi connectivity index (χ0v) is 9.96. The van der Waals surface area contributed by atoms with E-state index in [-0.39, 0.29) is 0 Å². The lowest BCUT2D eigenvalue weighted by atomic mass is 10.1. The highest BCUT2D eigenvalue weighted by atomic mass is 32.1. The molecule has 1 aromatic rings. The van der Waals surface area contributed by atoms with Gasteiger partial charge in [0.15, 0.2) is 5.11 Å². The highest BCUT2D eigenvalue weighted by Gasteiger charge is 2.39. The average molecular weight is 232 g/mol. The molecule has 2 aliphatic carbocycles. The van der Waals surface area contributed by atoms with Gasteiger partial charge in [-0.2, -0.15) is 0 Å². The Morgan fingerprint density at radius 3 is 2.56 bits per heavy atom. The van der Waals surface area contributed by atoms with E-state index in [4.69, 9.17) is 12.2 Å². The number of hydrogen-bond acceptors (Lipinski definition) is 1. The minimum absolute atomic E-state index is 0.543. The van der Waals surface area contributed by atoms with Gasteiger partial charge in [-0.15, -0.1) is 0 Å². The van der Waals surface area contributed by atoms with E-state index in [1.807, 2.05) is 0 Å². The Morgan fingerprint density at radius 2 is 1.88 bits per heavy atom. The molecule has 2 N–H and O–H groups in total. The van der Waals surface area contributed by atoms with Crippen LogP contribution in [-0.2, 0) is 0 Å². The Morgan fingerprint density at radius 1 is 1.12 bits per heavy atom. The highest BCUT2D eigenvalue weighted by Crippen LogP contribution is 2.40. The van der Waals surface area contributed by atoms with E-state index in [0.29, 0.717) is 18.0 Å². The molecular weight excluding hydrogens is 216 g/mol. The van der Waals surface area contributed by atoms with Gasteiger partial charge in [-0.3, -0.25) is 0 Å². The predicted molar refractivity (Wildman–Crippen MR) is 69.5 cm³/mol. The zero-order chi connectivity index (χ0) is 11.0. The third-order valence-electron chi connectivity index (χ3n) is 3.25. The average Bonchev–Trinajstić information content (AvgIpc) is 3.16. The fraction of sp³-hybridized carbons (Fsp3) is 0.462. The summed E-state index contributed by atoms with van der Waals surface area (Å²) < 4.78 is 0. The van der Waals surface area contributed by atoms with E-state index >= 15 is 0 Å². The van der Waals surface area contributed by atoms with Gasteiger partial charge < -0.3 is 10.6 Å². The molecule has 0 radical (unpaired) electrons. The van der Waals surface area contributed by atoms with Crippen LogP contribution < -0.4 is 10.6 Å². The van der Waals surface area contributed by atoms with E-state index in [1.165, 1.54) is 24.8 Å². The second-order valence-electron chi connectivity index (χ2n) is 4.75. The van der Waals surface area contributed by atoms with Gasteiger partial charge in [0.25, 0.3) is 0 Å². The normalized spacial score (nSPS) is 27.2. The lowest BCUT2D eigenvalue weighted by Crippen LogP contribution is -2.38. The van der Waals surface area contributed by atoms with Gasteiger partial charge in [-0.25, -0.2) is 0 Å². The van der Waals surface area contributed by atoms with E-state index in [0.717, 1.165) is 5.11 Å². The minimum Gasteiger partial charge on any atom is -0.360 e. The molecule has 0 aliphatic heterocycles. The van der Waals surface area contributed by atoms with Crippen molar-refractivity contribution in [2.75, 3.05) is 0 Å². The van der Waals surface area contributed by atoms with E-state index in [2.05, 4.69) is 41.0 Å². The van der Waals surface area contributed by atoms with Crippen molar-refractivity contribution in [2.24, 2.45) is 0 Å². The van der Waals surface area contributed by atoms with Gasteiger partial charge in [0, 0.05) is 18.0 Å². The summed E-state index contributed by atoms with van der Waals surface area (Å²) in [6, 6.07) is 11.9. The first-order chi connectivity index (χ1) is 7.83. The molecule has 0 saturated heterocycles. The van der Waals surface area contributed by atoms with Crippen LogP contribution in [0.25, 0.3) is 0 Å². The SMILES string of the molecule is S=C(NC1CC1)N[C@H]1C[C@@H]1c1ccccc1. The van der Waals surface area contributed by atoms with Crippen LogP contribution in [-0.4, -0.2) is 17.2 Å². The maximum Gasteiger partial charge on any atom is 0.166 e. The summed E-state index contributed by atoms with van der Waals surface area (Å²) in [6.45, 7) is 0. The Labute approximate surface area is 101 Å². The molecule has 2 atom stereocenters. The summed E-state index contributed by atoms with van der Waals surface area (Å²) in [5.41, 5.74) is 1.43. The van der Waals surface area contributed by atoms with E-state index in [1.54, 1.807) is 0 Å². The summed E-state index contributed by atoms with van der Waals surface area (Å²) >= 11 is 5.27. The molecule has 84 valence electrons. The third kappa shape index (κ3) is 2.35. The maximum absolute atomic E-state index is 5.27. The number of nitrogens with one attached hydrogen (secondary N) is 2. The summed E-state index contributed by atoms with van der Waals surface area (Å²) in [5, 5.41) is 7.55. The van der Waals surface area contributed by atoms with Crippen molar-refractivity contribution < 1.29 is 0 Å². The molecule has 0 amide bonds. The lowest BCUT2D eigenvalue weighted by molar-refractivity contribution is 0.808.